The van der Waals surface area contributed by atoms with Gasteiger partial charge in [-0.05, 0) is 6.92 Å². The molecule has 3 nitrogen and oxygen atoms in total. The Bertz CT molecular complexity index is 262. The number of hydrogen-bond acceptors (Lipinski definition) is 3. The van der Waals surface area contributed by atoms with E-state index in [1.807, 2.05) is 0 Å². The van der Waals surface area contributed by atoms with Gasteiger partial charge < -0.3 is 0 Å². The molecule has 1 aromatic rings. The van der Waals surface area contributed by atoms with Crippen molar-refractivity contribution >= 4 is 17.9 Å². The van der Waals surface area contributed by atoms with E-state index in [1.165, 1.54) is 6.20 Å². The van der Waals surface area contributed by atoms with Crippen molar-refractivity contribution in [1.82, 2.24) is 9.97 Å². The molecular weight excluding hydrogens is 152 g/mol. The molecule has 0 bridgehead atoms. The minimum absolute atomic E-state index is 0.162. The summed E-state index contributed by atoms with van der Waals surface area (Å²) in [4.78, 5) is 17.7. The first-order valence-electron chi connectivity index (χ1n) is 2.68. The van der Waals surface area contributed by atoms with Crippen LogP contribution in [0.1, 0.15) is 16.2 Å². The molecular formula is C6H5ClN2O. The molecule has 1 aromatic heterocycles. The first kappa shape index (κ1) is 7.15. The average molecular weight is 157 g/mol. The van der Waals surface area contributed by atoms with Gasteiger partial charge in [0.25, 0.3) is 0 Å². The monoisotopic (exact) mass is 156 g/mol. The molecule has 0 aliphatic heterocycles. The van der Waals surface area contributed by atoms with Crippen LogP contribution >= 0.6 is 11.6 Å². The number of carbonyl (C=O) groups excluding carboxylic acids is 1. The third-order valence-electron chi connectivity index (χ3n) is 0.988. The Balaban J connectivity index is 3.19. The average Bonchev–Trinajstić information content (AvgIpc) is 1.88. The fraction of sp³-hybridized carbons (Fsp3) is 0.167. The van der Waals surface area contributed by atoms with E-state index in [4.69, 9.17) is 11.6 Å². The number of carbonyl (C=O) groups is 1. The summed E-state index contributed by atoms with van der Waals surface area (Å²) in [7, 11) is 0. The van der Waals surface area contributed by atoms with E-state index in [2.05, 4.69) is 9.97 Å². The summed E-state index contributed by atoms with van der Waals surface area (Å²) < 4.78 is 0. The number of aromatic nitrogens is 2. The number of hydrogen-bond donors (Lipinski definition) is 0. The highest BCUT2D eigenvalue weighted by molar-refractivity contribution is 6.31. The van der Waals surface area contributed by atoms with E-state index in [0.717, 1.165) is 0 Å². The van der Waals surface area contributed by atoms with Crippen molar-refractivity contribution < 1.29 is 4.79 Å². The highest BCUT2D eigenvalue weighted by Gasteiger charge is 1.99. The molecule has 4 heteroatoms. The van der Waals surface area contributed by atoms with Gasteiger partial charge in [0, 0.05) is 6.20 Å². The molecule has 0 fully saturated rings. The van der Waals surface area contributed by atoms with Gasteiger partial charge in [-0.25, -0.2) is 9.97 Å². The molecule has 0 unspecified atom stereocenters. The van der Waals surface area contributed by atoms with E-state index in [9.17, 15) is 4.79 Å². The Kier molecular flexibility index (Phi) is 1.97. The highest BCUT2D eigenvalue weighted by atomic mass is 35.5. The first-order valence-corrected chi connectivity index (χ1v) is 3.06. The zero-order chi connectivity index (χ0) is 7.56. The minimum atomic E-state index is 0.162. The molecule has 0 amide bonds. The van der Waals surface area contributed by atoms with E-state index >= 15 is 0 Å². The zero-order valence-electron chi connectivity index (χ0n) is 5.34. The third kappa shape index (κ3) is 1.30. The zero-order valence-corrected chi connectivity index (χ0v) is 6.09. The van der Waals surface area contributed by atoms with Crippen LogP contribution in [0.15, 0.2) is 6.20 Å². The van der Waals surface area contributed by atoms with Gasteiger partial charge in [-0.15, -0.1) is 0 Å². The van der Waals surface area contributed by atoms with Crippen LogP contribution in [-0.4, -0.2) is 16.3 Å². The maximum absolute atomic E-state index is 10.2. The Hall–Kier alpha value is -0.960. The van der Waals surface area contributed by atoms with Gasteiger partial charge in [-0.3, -0.25) is 4.79 Å². The largest absolute Gasteiger partial charge is 0.296 e. The van der Waals surface area contributed by atoms with E-state index in [0.29, 0.717) is 12.0 Å². The van der Waals surface area contributed by atoms with Crippen molar-refractivity contribution in [1.29, 1.82) is 0 Å². The molecule has 0 saturated carbocycles. The van der Waals surface area contributed by atoms with Crippen molar-refractivity contribution in [2.24, 2.45) is 0 Å². The Morgan fingerprint density at radius 1 is 1.70 bits per heavy atom. The maximum atomic E-state index is 10.2. The second kappa shape index (κ2) is 2.75. The first-order chi connectivity index (χ1) is 4.74. The number of halogens is 1. The second-order valence-electron chi connectivity index (χ2n) is 1.81. The van der Waals surface area contributed by atoms with Gasteiger partial charge in [0.15, 0.2) is 11.4 Å². The summed E-state index contributed by atoms with van der Waals surface area (Å²) in [6.07, 6.45) is 2.07. The predicted molar refractivity (Wildman–Crippen MR) is 37.2 cm³/mol. The third-order valence-corrected chi connectivity index (χ3v) is 1.27. The molecule has 0 radical (unpaired) electrons. The lowest BCUT2D eigenvalue weighted by atomic mass is 10.4. The van der Waals surface area contributed by atoms with Crippen molar-refractivity contribution in [3.8, 4) is 0 Å². The van der Waals surface area contributed by atoms with Gasteiger partial charge in [0.2, 0.25) is 0 Å². The lowest BCUT2D eigenvalue weighted by Crippen LogP contribution is -1.92. The standard InChI is InChI=1S/C6H5ClN2O/c1-4-2-8-5(3-10)6(7)9-4/h2-3H,1H3. The quantitative estimate of drug-likeness (QED) is 0.575. The normalized spacial score (nSPS) is 9.40. The molecule has 0 atom stereocenters. The highest BCUT2D eigenvalue weighted by Crippen LogP contribution is 2.06. The van der Waals surface area contributed by atoms with Crippen LogP contribution in [0.2, 0.25) is 5.15 Å². The molecule has 0 aromatic carbocycles. The number of aldehydes is 1. The van der Waals surface area contributed by atoms with Crippen LogP contribution < -0.4 is 0 Å². The molecule has 0 spiro atoms. The maximum Gasteiger partial charge on any atom is 0.171 e. The number of aryl methyl sites for hydroxylation is 1. The Labute approximate surface area is 63.1 Å². The smallest absolute Gasteiger partial charge is 0.171 e. The van der Waals surface area contributed by atoms with Crippen molar-refractivity contribution in [2.75, 3.05) is 0 Å². The van der Waals surface area contributed by atoms with E-state index in [-0.39, 0.29) is 10.8 Å². The summed E-state index contributed by atoms with van der Waals surface area (Å²) in [5.74, 6) is 0. The fourth-order valence-corrected chi connectivity index (χ4v) is 0.763. The Morgan fingerprint density at radius 2 is 2.40 bits per heavy atom. The van der Waals surface area contributed by atoms with Crippen molar-refractivity contribution in [3.63, 3.8) is 0 Å². The number of nitrogens with zero attached hydrogens (tertiary/aromatic N) is 2. The number of rotatable bonds is 1. The molecule has 0 N–H and O–H groups in total. The van der Waals surface area contributed by atoms with Crippen molar-refractivity contribution in [2.45, 2.75) is 6.92 Å². The minimum Gasteiger partial charge on any atom is -0.296 e. The second-order valence-corrected chi connectivity index (χ2v) is 2.16. The molecule has 0 aliphatic carbocycles. The van der Waals surface area contributed by atoms with Crippen LogP contribution in [0.25, 0.3) is 0 Å². The van der Waals surface area contributed by atoms with Crippen LogP contribution in [0, 0.1) is 6.92 Å². The van der Waals surface area contributed by atoms with Crippen LogP contribution in [0.5, 0.6) is 0 Å². The molecule has 10 heavy (non-hydrogen) atoms. The molecule has 52 valence electrons. The van der Waals surface area contributed by atoms with Gasteiger partial charge in [-0.1, -0.05) is 11.6 Å². The summed E-state index contributed by atoms with van der Waals surface area (Å²) in [6, 6.07) is 0. The van der Waals surface area contributed by atoms with E-state index < -0.39 is 0 Å². The van der Waals surface area contributed by atoms with Gasteiger partial charge in [0.1, 0.15) is 5.69 Å². The van der Waals surface area contributed by atoms with Crippen LogP contribution in [0.3, 0.4) is 0 Å². The van der Waals surface area contributed by atoms with E-state index in [1.54, 1.807) is 6.92 Å². The predicted octanol–water partition coefficient (Wildman–Crippen LogP) is 1.25. The summed E-state index contributed by atoms with van der Waals surface area (Å²) in [5.41, 5.74) is 0.892. The van der Waals surface area contributed by atoms with Crippen LogP contribution in [-0.2, 0) is 0 Å². The summed E-state index contributed by atoms with van der Waals surface area (Å²) in [5, 5.41) is 0.162. The lowest BCUT2D eigenvalue weighted by Gasteiger charge is -1.93. The van der Waals surface area contributed by atoms with Crippen molar-refractivity contribution in [3.05, 3.63) is 22.7 Å². The lowest BCUT2D eigenvalue weighted by molar-refractivity contribution is 0.111. The topological polar surface area (TPSA) is 42.9 Å². The summed E-state index contributed by atoms with van der Waals surface area (Å²) in [6.45, 7) is 1.76. The SMILES string of the molecule is Cc1cnc(C=O)c(Cl)n1. The molecule has 0 saturated heterocycles. The fourth-order valence-electron chi connectivity index (χ4n) is 0.536. The molecule has 1 heterocycles. The van der Waals surface area contributed by atoms with Gasteiger partial charge in [0.05, 0.1) is 5.69 Å². The molecule has 1 rings (SSSR count). The molecule has 0 aliphatic rings. The summed E-state index contributed by atoms with van der Waals surface area (Å²) >= 11 is 5.52. The van der Waals surface area contributed by atoms with Crippen LogP contribution in [0.4, 0.5) is 0 Å². The van der Waals surface area contributed by atoms with Gasteiger partial charge >= 0.3 is 0 Å². The Morgan fingerprint density at radius 3 is 2.90 bits per heavy atom. The van der Waals surface area contributed by atoms with Gasteiger partial charge in [-0.2, -0.15) is 0 Å².